The zero-order chi connectivity index (χ0) is 14.7. The van der Waals surface area contributed by atoms with Crippen molar-refractivity contribution in [1.29, 1.82) is 0 Å². The first-order valence-electron chi connectivity index (χ1n) is 8.06. The van der Waals surface area contributed by atoms with Crippen LogP contribution in [0.25, 0.3) is 0 Å². The largest absolute Gasteiger partial charge is 0.379 e. The van der Waals surface area contributed by atoms with E-state index in [0.29, 0.717) is 6.04 Å². The first-order valence-corrected chi connectivity index (χ1v) is 8.06. The van der Waals surface area contributed by atoms with Crippen LogP contribution in [0.4, 0.5) is 5.69 Å². The summed E-state index contributed by atoms with van der Waals surface area (Å²) in [5, 5.41) is 0. The molecule has 5 heteroatoms. The molecule has 3 rings (SSSR count). The number of hydrogen-bond donors (Lipinski definition) is 1. The Kier molecular flexibility index (Phi) is 4.73. The molecule has 0 spiro atoms. The summed E-state index contributed by atoms with van der Waals surface area (Å²) >= 11 is 0. The quantitative estimate of drug-likeness (QED) is 0.908. The summed E-state index contributed by atoms with van der Waals surface area (Å²) in [5.41, 5.74) is 8.23. The van der Waals surface area contributed by atoms with Crippen molar-refractivity contribution in [2.45, 2.75) is 31.8 Å². The standard InChI is InChI=1S/C16H26N4O/c1-2-15(17)16-4-3-13(11-18-16)20-6-5-14(12-20)19-7-9-21-10-8-19/h3-4,11,14-15H,2,5-10,12,17H2,1H3. The SMILES string of the molecule is CCC(N)c1ccc(N2CCC(N3CCOCC3)C2)cn1. The Morgan fingerprint density at radius 1 is 1.33 bits per heavy atom. The maximum Gasteiger partial charge on any atom is 0.0594 e. The van der Waals surface area contributed by atoms with Crippen LogP contribution < -0.4 is 10.6 Å². The van der Waals surface area contributed by atoms with Gasteiger partial charge < -0.3 is 15.4 Å². The molecule has 0 bridgehead atoms. The van der Waals surface area contributed by atoms with E-state index in [0.717, 1.165) is 51.5 Å². The fourth-order valence-corrected chi connectivity index (χ4v) is 3.23. The van der Waals surface area contributed by atoms with Crippen LogP contribution in [-0.2, 0) is 4.74 Å². The summed E-state index contributed by atoms with van der Waals surface area (Å²) in [6.07, 6.45) is 4.14. The highest BCUT2D eigenvalue weighted by atomic mass is 16.5. The maximum absolute atomic E-state index is 6.02. The smallest absolute Gasteiger partial charge is 0.0594 e. The number of rotatable bonds is 4. The Bertz CT molecular complexity index is 444. The third-order valence-electron chi connectivity index (χ3n) is 4.68. The molecule has 2 aliphatic heterocycles. The summed E-state index contributed by atoms with van der Waals surface area (Å²) in [5.74, 6) is 0. The highest BCUT2D eigenvalue weighted by Gasteiger charge is 2.28. The number of anilines is 1. The fourth-order valence-electron chi connectivity index (χ4n) is 3.23. The van der Waals surface area contributed by atoms with Crippen molar-refractivity contribution < 1.29 is 4.74 Å². The minimum Gasteiger partial charge on any atom is -0.379 e. The normalized spacial score (nSPS) is 25.2. The number of morpholine rings is 1. The van der Waals surface area contributed by atoms with Gasteiger partial charge in [-0.15, -0.1) is 0 Å². The average molecular weight is 290 g/mol. The van der Waals surface area contributed by atoms with E-state index in [4.69, 9.17) is 10.5 Å². The second-order valence-corrected chi connectivity index (χ2v) is 5.99. The maximum atomic E-state index is 6.02. The molecule has 3 heterocycles. The van der Waals surface area contributed by atoms with E-state index in [2.05, 4.69) is 33.8 Å². The van der Waals surface area contributed by atoms with Gasteiger partial charge in [-0.25, -0.2) is 0 Å². The Morgan fingerprint density at radius 2 is 2.14 bits per heavy atom. The van der Waals surface area contributed by atoms with Crippen molar-refractivity contribution in [2.75, 3.05) is 44.3 Å². The number of nitrogens with zero attached hydrogens (tertiary/aromatic N) is 3. The predicted molar refractivity (Wildman–Crippen MR) is 84.5 cm³/mol. The van der Waals surface area contributed by atoms with Crippen LogP contribution in [0.2, 0.25) is 0 Å². The molecule has 0 saturated carbocycles. The molecule has 2 aliphatic rings. The van der Waals surface area contributed by atoms with Gasteiger partial charge in [-0.3, -0.25) is 9.88 Å². The molecule has 2 atom stereocenters. The van der Waals surface area contributed by atoms with Crippen LogP contribution in [0.5, 0.6) is 0 Å². The van der Waals surface area contributed by atoms with Crippen molar-refractivity contribution in [1.82, 2.24) is 9.88 Å². The number of pyridine rings is 1. The molecule has 0 radical (unpaired) electrons. The van der Waals surface area contributed by atoms with Gasteiger partial charge >= 0.3 is 0 Å². The Labute approximate surface area is 127 Å². The van der Waals surface area contributed by atoms with E-state index in [1.807, 2.05) is 6.20 Å². The van der Waals surface area contributed by atoms with Gasteiger partial charge in [0.2, 0.25) is 0 Å². The van der Waals surface area contributed by atoms with Gasteiger partial charge in [-0.05, 0) is 25.0 Å². The molecule has 2 unspecified atom stereocenters. The number of aromatic nitrogens is 1. The molecule has 2 N–H and O–H groups in total. The average Bonchev–Trinajstić information content (AvgIpc) is 3.05. The van der Waals surface area contributed by atoms with Crippen molar-refractivity contribution in [3.05, 3.63) is 24.0 Å². The second kappa shape index (κ2) is 6.73. The van der Waals surface area contributed by atoms with Gasteiger partial charge in [0.15, 0.2) is 0 Å². The Morgan fingerprint density at radius 3 is 2.81 bits per heavy atom. The second-order valence-electron chi connectivity index (χ2n) is 5.99. The lowest BCUT2D eigenvalue weighted by molar-refractivity contribution is 0.0209. The molecule has 0 aromatic carbocycles. The van der Waals surface area contributed by atoms with Crippen molar-refractivity contribution in [3.8, 4) is 0 Å². The highest BCUT2D eigenvalue weighted by molar-refractivity contribution is 5.46. The summed E-state index contributed by atoms with van der Waals surface area (Å²) < 4.78 is 5.44. The molecular formula is C16H26N4O. The summed E-state index contributed by atoms with van der Waals surface area (Å²) in [4.78, 5) is 9.54. The molecule has 21 heavy (non-hydrogen) atoms. The van der Waals surface area contributed by atoms with Crippen molar-refractivity contribution in [2.24, 2.45) is 5.73 Å². The van der Waals surface area contributed by atoms with Crippen LogP contribution in [-0.4, -0.2) is 55.3 Å². The van der Waals surface area contributed by atoms with Crippen LogP contribution >= 0.6 is 0 Å². The molecule has 1 aromatic heterocycles. The van der Waals surface area contributed by atoms with E-state index in [9.17, 15) is 0 Å². The molecule has 116 valence electrons. The molecule has 0 aliphatic carbocycles. The highest BCUT2D eigenvalue weighted by Crippen LogP contribution is 2.24. The van der Waals surface area contributed by atoms with Gasteiger partial charge in [0.25, 0.3) is 0 Å². The molecule has 0 amide bonds. The zero-order valence-electron chi connectivity index (χ0n) is 12.9. The van der Waals surface area contributed by atoms with Gasteiger partial charge in [0.1, 0.15) is 0 Å². The van der Waals surface area contributed by atoms with E-state index in [1.165, 1.54) is 12.1 Å². The third-order valence-corrected chi connectivity index (χ3v) is 4.68. The van der Waals surface area contributed by atoms with Crippen LogP contribution in [0.15, 0.2) is 18.3 Å². The van der Waals surface area contributed by atoms with E-state index in [1.54, 1.807) is 0 Å². The Hall–Kier alpha value is -1.17. The topological polar surface area (TPSA) is 54.6 Å². The summed E-state index contributed by atoms with van der Waals surface area (Å²) in [6.45, 7) is 8.20. The lowest BCUT2D eigenvalue weighted by atomic mass is 10.1. The lowest BCUT2D eigenvalue weighted by Gasteiger charge is -2.32. The van der Waals surface area contributed by atoms with Crippen molar-refractivity contribution in [3.63, 3.8) is 0 Å². The van der Waals surface area contributed by atoms with Crippen LogP contribution in [0, 0.1) is 0 Å². The molecule has 2 saturated heterocycles. The van der Waals surface area contributed by atoms with Gasteiger partial charge in [-0.2, -0.15) is 0 Å². The van der Waals surface area contributed by atoms with E-state index >= 15 is 0 Å². The monoisotopic (exact) mass is 290 g/mol. The molecular weight excluding hydrogens is 264 g/mol. The van der Waals surface area contributed by atoms with Gasteiger partial charge in [0, 0.05) is 38.3 Å². The van der Waals surface area contributed by atoms with E-state index in [-0.39, 0.29) is 6.04 Å². The minimum absolute atomic E-state index is 0.0544. The predicted octanol–water partition coefficient (Wildman–Crippen LogP) is 1.40. The summed E-state index contributed by atoms with van der Waals surface area (Å²) in [6, 6.07) is 4.95. The molecule has 1 aromatic rings. The third kappa shape index (κ3) is 3.36. The first-order chi connectivity index (χ1) is 10.3. The number of hydrogen-bond acceptors (Lipinski definition) is 5. The zero-order valence-corrected chi connectivity index (χ0v) is 12.9. The molecule has 5 nitrogen and oxygen atoms in total. The van der Waals surface area contributed by atoms with Gasteiger partial charge in [0.05, 0.1) is 30.8 Å². The number of ether oxygens (including phenoxy) is 1. The van der Waals surface area contributed by atoms with Crippen molar-refractivity contribution >= 4 is 5.69 Å². The fraction of sp³-hybridized carbons (Fsp3) is 0.688. The van der Waals surface area contributed by atoms with Crippen LogP contribution in [0.1, 0.15) is 31.5 Å². The minimum atomic E-state index is 0.0544. The summed E-state index contributed by atoms with van der Waals surface area (Å²) in [7, 11) is 0. The number of nitrogens with two attached hydrogens (primary N) is 1. The lowest BCUT2D eigenvalue weighted by Crippen LogP contribution is -2.44. The molecule has 2 fully saturated rings. The van der Waals surface area contributed by atoms with Crippen LogP contribution in [0.3, 0.4) is 0 Å². The van der Waals surface area contributed by atoms with E-state index < -0.39 is 0 Å². The van der Waals surface area contributed by atoms with Gasteiger partial charge in [-0.1, -0.05) is 6.92 Å². The Balaban J connectivity index is 1.60. The first kappa shape index (κ1) is 14.8.